The monoisotopic (exact) mass is 556 g/mol. The van der Waals surface area contributed by atoms with Gasteiger partial charge in [-0.3, -0.25) is 14.4 Å². The highest BCUT2D eigenvalue weighted by Gasteiger charge is 2.35. The summed E-state index contributed by atoms with van der Waals surface area (Å²) in [5.74, 6) is -2.25. The molecule has 0 saturated carbocycles. The number of benzene rings is 2. The van der Waals surface area contributed by atoms with E-state index in [-0.39, 0.29) is 18.9 Å². The predicted octanol–water partition coefficient (Wildman–Crippen LogP) is 3.00. The highest BCUT2D eigenvalue weighted by molar-refractivity contribution is 7.89. The highest BCUT2D eigenvalue weighted by Crippen LogP contribution is 2.22. The second kappa shape index (κ2) is 11.7. The molecule has 2 heterocycles. The lowest BCUT2D eigenvalue weighted by molar-refractivity contribution is -0.129. The minimum absolute atomic E-state index is 0.0159. The second-order valence-electron chi connectivity index (χ2n) is 10.2. The predicted molar refractivity (Wildman–Crippen MR) is 145 cm³/mol. The van der Waals surface area contributed by atoms with Crippen molar-refractivity contribution >= 4 is 38.5 Å². The Morgan fingerprint density at radius 1 is 1.10 bits per heavy atom. The SMILES string of the molecule is CC(C)C[C@H](NC(=O)c1cc2ccccc2n1C)C(=O)NC1CCCN(S(=O)(=O)c2ccccc2F)CC1=O. The molecule has 208 valence electrons. The molecule has 1 saturated heterocycles. The van der Waals surface area contributed by atoms with Gasteiger partial charge in [0.2, 0.25) is 15.9 Å². The Kier molecular flexibility index (Phi) is 8.51. The van der Waals surface area contributed by atoms with Gasteiger partial charge in [0.15, 0.2) is 5.78 Å². The number of halogens is 1. The zero-order valence-corrected chi connectivity index (χ0v) is 23.0. The van der Waals surface area contributed by atoms with Crippen LogP contribution in [0.2, 0.25) is 0 Å². The van der Waals surface area contributed by atoms with Crippen molar-refractivity contribution < 1.29 is 27.2 Å². The van der Waals surface area contributed by atoms with E-state index in [0.717, 1.165) is 27.3 Å². The molecule has 2 N–H and O–H groups in total. The van der Waals surface area contributed by atoms with E-state index in [1.54, 1.807) is 17.7 Å². The molecule has 1 aliphatic heterocycles. The normalized spacial score (nSPS) is 17.7. The van der Waals surface area contributed by atoms with E-state index >= 15 is 0 Å². The third-order valence-corrected chi connectivity index (χ3v) is 8.78. The Morgan fingerprint density at radius 2 is 1.79 bits per heavy atom. The minimum Gasteiger partial charge on any atom is -0.344 e. The molecule has 4 rings (SSSR count). The molecular formula is C28H33FN4O5S. The third kappa shape index (κ3) is 6.20. The van der Waals surface area contributed by atoms with Crippen molar-refractivity contribution in [2.75, 3.05) is 13.1 Å². The van der Waals surface area contributed by atoms with Crippen LogP contribution in [0.5, 0.6) is 0 Å². The van der Waals surface area contributed by atoms with Gasteiger partial charge in [0, 0.05) is 24.5 Å². The Morgan fingerprint density at radius 3 is 2.49 bits per heavy atom. The van der Waals surface area contributed by atoms with Crippen LogP contribution >= 0.6 is 0 Å². The summed E-state index contributed by atoms with van der Waals surface area (Å²) in [5, 5.41) is 6.44. The lowest BCUT2D eigenvalue weighted by Crippen LogP contribution is -2.52. The summed E-state index contributed by atoms with van der Waals surface area (Å²) in [4.78, 5) is 39.0. The van der Waals surface area contributed by atoms with Crippen LogP contribution in [0.3, 0.4) is 0 Å². The molecule has 0 radical (unpaired) electrons. The zero-order valence-electron chi connectivity index (χ0n) is 22.2. The number of carbonyl (C=O) groups is 3. The van der Waals surface area contributed by atoms with Crippen molar-refractivity contribution in [3.8, 4) is 0 Å². The molecule has 0 bridgehead atoms. The number of hydrogen-bond acceptors (Lipinski definition) is 5. The Hall–Kier alpha value is -3.57. The third-order valence-electron chi connectivity index (χ3n) is 6.91. The molecule has 2 aromatic carbocycles. The van der Waals surface area contributed by atoms with E-state index < -0.39 is 57.0 Å². The van der Waals surface area contributed by atoms with Crippen molar-refractivity contribution in [1.29, 1.82) is 0 Å². The molecule has 0 aliphatic carbocycles. The summed E-state index contributed by atoms with van der Waals surface area (Å²) >= 11 is 0. The molecule has 3 aromatic rings. The molecule has 1 aromatic heterocycles. The summed E-state index contributed by atoms with van der Waals surface area (Å²) in [6.45, 7) is 3.37. The molecule has 1 unspecified atom stereocenters. The lowest BCUT2D eigenvalue weighted by Gasteiger charge is -2.23. The maximum absolute atomic E-state index is 14.2. The number of rotatable bonds is 8. The van der Waals surface area contributed by atoms with Crippen molar-refractivity contribution in [2.24, 2.45) is 13.0 Å². The summed E-state index contributed by atoms with van der Waals surface area (Å²) in [7, 11) is -2.45. The molecule has 9 nitrogen and oxygen atoms in total. The van der Waals surface area contributed by atoms with Crippen LogP contribution in [0.4, 0.5) is 4.39 Å². The molecule has 2 amide bonds. The number of aromatic nitrogens is 1. The van der Waals surface area contributed by atoms with Crippen LogP contribution in [0.25, 0.3) is 10.9 Å². The standard InChI is InChI=1S/C28H33FN4O5S/c1-18(2)15-22(31-28(36)24-16-19-9-4-6-12-23(19)32(24)3)27(35)30-21-11-8-14-33(17-25(21)34)39(37,38)26-13-7-5-10-20(26)29/h4-7,9-10,12-13,16,18,21-22H,8,11,14-15,17H2,1-3H3,(H,30,35)(H,31,36)/t21?,22-/m0/s1. The molecule has 11 heteroatoms. The fraction of sp³-hybridized carbons (Fsp3) is 0.393. The molecule has 0 spiro atoms. The first kappa shape index (κ1) is 28.4. The van der Waals surface area contributed by atoms with E-state index in [4.69, 9.17) is 0 Å². The van der Waals surface area contributed by atoms with Crippen molar-refractivity contribution in [3.05, 3.63) is 66.1 Å². The number of para-hydroxylation sites is 1. The summed E-state index contributed by atoms with van der Waals surface area (Å²) in [5.41, 5.74) is 1.28. The average Bonchev–Trinajstić information content (AvgIpc) is 3.11. The van der Waals surface area contributed by atoms with Gasteiger partial charge in [-0.25, -0.2) is 12.8 Å². The Bertz CT molecular complexity index is 1500. The lowest BCUT2D eigenvalue weighted by atomic mass is 10.0. The van der Waals surface area contributed by atoms with E-state index in [0.29, 0.717) is 18.5 Å². The van der Waals surface area contributed by atoms with Gasteiger partial charge in [0.05, 0.1) is 12.6 Å². The molecule has 1 aliphatic rings. The fourth-order valence-electron chi connectivity index (χ4n) is 4.86. The molecular weight excluding hydrogens is 523 g/mol. The van der Waals surface area contributed by atoms with E-state index in [1.165, 1.54) is 12.1 Å². The number of nitrogens with zero attached hydrogens (tertiary/aromatic N) is 2. The van der Waals surface area contributed by atoms with Crippen LogP contribution in [0.15, 0.2) is 59.5 Å². The highest BCUT2D eigenvalue weighted by atomic mass is 32.2. The quantitative estimate of drug-likeness (QED) is 0.442. The first-order valence-corrected chi connectivity index (χ1v) is 14.4. The van der Waals surface area contributed by atoms with Crippen LogP contribution in [-0.2, 0) is 26.7 Å². The molecule has 2 atom stereocenters. The van der Waals surface area contributed by atoms with Gasteiger partial charge >= 0.3 is 0 Å². The topological polar surface area (TPSA) is 118 Å². The maximum Gasteiger partial charge on any atom is 0.268 e. The van der Waals surface area contributed by atoms with E-state index in [1.807, 2.05) is 38.1 Å². The van der Waals surface area contributed by atoms with Gasteiger partial charge < -0.3 is 15.2 Å². The van der Waals surface area contributed by atoms with Gasteiger partial charge in [0.25, 0.3) is 5.91 Å². The van der Waals surface area contributed by atoms with Crippen molar-refractivity contribution in [1.82, 2.24) is 19.5 Å². The molecule has 39 heavy (non-hydrogen) atoms. The van der Waals surface area contributed by atoms with Gasteiger partial charge in [-0.2, -0.15) is 4.31 Å². The van der Waals surface area contributed by atoms with Crippen LogP contribution in [-0.4, -0.2) is 60.1 Å². The van der Waals surface area contributed by atoms with Crippen LogP contribution in [0, 0.1) is 11.7 Å². The van der Waals surface area contributed by atoms with E-state index in [2.05, 4.69) is 10.6 Å². The number of amides is 2. The van der Waals surface area contributed by atoms with Gasteiger partial charge in [-0.15, -0.1) is 0 Å². The Balaban J connectivity index is 1.47. The number of hydrogen-bond donors (Lipinski definition) is 2. The second-order valence-corrected chi connectivity index (χ2v) is 12.1. The number of nitrogens with one attached hydrogen (secondary N) is 2. The number of ketones is 1. The molecule has 1 fully saturated rings. The number of Topliss-reactive ketones (excluding diaryl/α,β-unsaturated/α-hetero) is 1. The number of fused-ring (bicyclic) bond motifs is 1. The van der Waals surface area contributed by atoms with Crippen molar-refractivity contribution in [3.63, 3.8) is 0 Å². The number of aryl methyl sites for hydroxylation is 1. The Labute approximate surface area is 227 Å². The fourth-order valence-corrected chi connectivity index (χ4v) is 6.37. The zero-order chi connectivity index (χ0) is 28.3. The average molecular weight is 557 g/mol. The van der Waals surface area contributed by atoms with Crippen molar-refractivity contribution in [2.45, 2.75) is 50.1 Å². The summed E-state index contributed by atoms with van der Waals surface area (Å²) in [6, 6.07) is 12.5. The largest absolute Gasteiger partial charge is 0.344 e. The van der Waals surface area contributed by atoms with Gasteiger partial charge in [-0.1, -0.05) is 44.2 Å². The first-order chi connectivity index (χ1) is 18.5. The number of carbonyl (C=O) groups excluding carboxylic acids is 3. The maximum atomic E-state index is 14.2. The first-order valence-electron chi connectivity index (χ1n) is 12.9. The van der Waals surface area contributed by atoms with E-state index in [9.17, 15) is 27.2 Å². The smallest absolute Gasteiger partial charge is 0.268 e. The van der Waals surface area contributed by atoms with Gasteiger partial charge in [-0.05, 0) is 49.4 Å². The number of sulfonamides is 1. The van der Waals surface area contributed by atoms with Crippen LogP contribution in [0.1, 0.15) is 43.6 Å². The van der Waals surface area contributed by atoms with Crippen LogP contribution < -0.4 is 10.6 Å². The van der Waals surface area contributed by atoms with Gasteiger partial charge in [0.1, 0.15) is 22.4 Å². The summed E-state index contributed by atoms with van der Waals surface area (Å²) in [6.07, 6.45) is 0.858. The summed E-state index contributed by atoms with van der Waals surface area (Å²) < 4.78 is 42.9. The minimum atomic E-state index is -4.23.